The second kappa shape index (κ2) is 12.4. The van der Waals surface area contributed by atoms with Gasteiger partial charge in [0.15, 0.2) is 23.3 Å². The lowest BCUT2D eigenvalue weighted by molar-refractivity contribution is 0.198. The normalized spacial score (nSPS) is 13.9. The summed E-state index contributed by atoms with van der Waals surface area (Å²) in [4.78, 5) is 8.58. The molecule has 1 aliphatic rings. The number of halogens is 1. The zero-order valence-electron chi connectivity index (χ0n) is 19.0. The average Bonchev–Trinajstić information content (AvgIpc) is 3.55. The van der Waals surface area contributed by atoms with Crippen molar-refractivity contribution in [3.05, 3.63) is 59.9 Å². The van der Waals surface area contributed by atoms with E-state index in [1.165, 1.54) is 19.2 Å². The summed E-state index contributed by atoms with van der Waals surface area (Å²) in [5, 5.41) is 13.6. The molecule has 2 aromatic carbocycles. The van der Waals surface area contributed by atoms with Crippen molar-refractivity contribution in [3.63, 3.8) is 0 Å². The number of rotatable bonds is 8. The first-order valence-corrected chi connectivity index (χ1v) is 11.0. The number of aromatic nitrogens is 3. The van der Waals surface area contributed by atoms with Crippen molar-refractivity contribution < 1.29 is 9.47 Å². The van der Waals surface area contributed by atoms with Gasteiger partial charge in [-0.1, -0.05) is 30.3 Å². The lowest BCUT2D eigenvalue weighted by Gasteiger charge is -2.20. The van der Waals surface area contributed by atoms with E-state index in [0.29, 0.717) is 19.0 Å². The number of guanidine groups is 1. The van der Waals surface area contributed by atoms with Crippen LogP contribution in [-0.2, 0) is 13.1 Å². The molecule has 176 valence electrons. The number of nitrogens with zero attached hydrogens (tertiary/aromatic N) is 3. The number of ether oxygens (including phenoxy) is 2. The summed E-state index contributed by atoms with van der Waals surface area (Å²) in [7, 11) is 3.45. The zero-order chi connectivity index (χ0) is 22.2. The van der Waals surface area contributed by atoms with Crippen molar-refractivity contribution >= 4 is 29.9 Å². The van der Waals surface area contributed by atoms with Crippen molar-refractivity contribution in [2.24, 2.45) is 4.99 Å². The molecular weight excluding hydrogens is 531 g/mol. The molecule has 0 radical (unpaired) electrons. The highest BCUT2D eigenvalue weighted by molar-refractivity contribution is 14.0. The first-order chi connectivity index (χ1) is 15.8. The molecule has 8 nitrogen and oxygen atoms in total. The molecule has 0 bridgehead atoms. The number of hydrogen-bond donors (Lipinski definition) is 3. The number of aliphatic imine (C=N–C) groups is 1. The van der Waals surface area contributed by atoms with Gasteiger partial charge in [-0.3, -0.25) is 10.1 Å². The van der Waals surface area contributed by atoms with Crippen molar-refractivity contribution in [2.75, 3.05) is 14.2 Å². The van der Waals surface area contributed by atoms with Crippen molar-refractivity contribution in [1.82, 2.24) is 25.8 Å². The van der Waals surface area contributed by atoms with Gasteiger partial charge in [-0.25, -0.2) is 4.98 Å². The Labute approximate surface area is 211 Å². The fraction of sp³-hybridized carbons (Fsp3) is 0.375. The molecule has 3 N–H and O–H groups in total. The molecule has 1 heterocycles. The average molecular weight is 562 g/mol. The van der Waals surface area contributed by atoms with Crippen LogP contribution in [0.4, 0.5) is 0 Å². The molecule has 33 heavy (non-hydrogen) atoms. The first-order valence-electron chi connectivity index (χ1n) is 11.0. The molecule has 0 saturated heterocycles. The third-order valence-corrected chi connectivity index (χ3v) is 5.61. The van der Waals surface area contributed by atoms with E-state index in [1.54, 1.807) is 14.2 Å². The van der Waals surface area contributed by atoms with Gasteiger partial charge in [0, 0.05) is 31.3 Å². The van der Waals surface area contributed by atoms with Crippen LogP contribution in [0.25, 0.3) is 11.4 Å². The fourth-order valence-electron chi connectivity index (χ4n) is 3.93. The number of benzene rings is 2. The molecule has 0 unspecified atom stereocenters. The van der Waals surface area contributed by atoms with Gasteiger partial charge in [-0.05, 0) is 43.4 Å². The third kappa shape index (κ3) is 6.59. The van der Waals surface area contributed by atoms with Gasteiger partial charge in [0.05, 0.1) is 13.2 Å². The van der Waals surface area contributed by atoms with Gasteiger partial charge in [0.1, 0.15) is 6.33 Å². The molecule has 0 aliphatic heterocycles. The van der Waals surface area contributed by atoms with Gasteiger partial charge >= 0.3 is 0 Å². The molecule has 1 aromatic heterocycles. The third-order valence-electron chi connectivity index (χ3n) is 5.61. The molecule has 4 rings (SSSR count). The van der Waals surface area contributed by atoms with E-state index in [1.807, 2.05) is 24.3 Å². The monoisotopic (exact) mass is 562 g/mol. The van der Waals surface area contributed by atoms with E-state index in [9.17, 15) is 0 Å². The van der Waals surface area contributed by atoms with Gasteiger partial charge in [-0.15, -0.1) is 24.0 Å². The summed E-state index contributed by atoms with van der Waals surface area (Å²) in [6.45, 7) is 1.21. The standard InChI is InChI=1S/C24H30N6O2.HI/c1-25-24(26-14-17-7-5-8-18(13-17)23-28-16-29-30-23)27-15-19-9-6-12-21(31-2)22(19)32-20-10-3-4-11-20;/h5-9,12-13,16,20H,3-4,10-11,14-15H2,1-2H3,(H2,25,26,27)(H,28,29,30);1H. The van der Waals surface area contributed by atoms with Crippen LogP contribution in [0.5, 0.6) is 11.5 Å². The Morgan fingerprint density at radius 2 is 1.91 bits per heavy atom. The molecule has 9 heteroatoms. The molecule has 0 spiro atoms. The molecule has 1 fully saturated rings. The highest BCUT2D eigenvalue weighted by Crippen LogP contribution is 2.34. The first kappa shape index (κ1) is 24.8. The largest absolute Gasteiger partial charge is 0.493 e. The minimum absolute atomic E-state index is 0. The summed E-state index contributed by atoms with van der Waals surface area (Å²) in [5.41, 5.74) is 3.16. The summed E-state index contributed by atoms with van der Waals surface area (Å²) in [6, 6.07) is 14.2. The highest BCUT2D eigenvalue weighted by Gasteiger charge is 2.20. The SMILES string of the molecule is CN=C(NCc1cccc(-c2ncn[nH]2)c1)NCc1cccc(OC)c1OC1CCCC1.I. The van der Waals surface area contributed by atoms with Crippen LogP contribution in [0.1, 0.15) is 36.8 Å². The lowest BCUT2D eigenvalue weighted by Crippen LogP contribution is -2.36. The van der Waals surface area contributed by atoms with Crippen LogP contribution in [-0.4, -0.2) is 41.4 Å². The van der Waals surface area contributed by atoms with E-state index >= 15 is 0 Å². The summed E-state index contributed by atoms with van der Waals surface area (Å²) < 4.78 is 11.9. The number of methoxy groups -OCH3 is 1. The molecule has 3 aromatic rings. The van der Waals surface area contributed by atoms with Gasteiger partial charge < -0.3 is 20.1 Å². The van der Waals surface area contributed by atoms with Crippen LogP contribution in [0, 0.1) is 0 Å². The van der Waals surface area contributed by atoms with Crippen LogP contribution < -0.4 is 20.1 Å². The number of para-hydroxylation sites is 1. The quantitative estimate of drug-likeness (QED) is 0.216. The van der Waals surface area contributed by atoms with Gasteiger partial charge in [0.25, 0.3) is 0 Å². The topological polar surface area (TPSA) is 96.5 Å². The van der Waals surface area contributed by atoms with E-state index in [4.69, 9.17) is 9.47 Å². The minimum atomic E-state index is 0. The maximum Gasteiger partial charge on any atom is 0.191 e. The molecule has 0 atom stereocenters. The summed E-state index contributed by atoms with van der Waals surface area (Å²) >= 11 is 0. The summed E-state index contributed by atoms with van der Waals surface area (Å²) in [6.07, 6.45) is 6.42. The Morgan fingerprint density at radius 1 is 1.12 bits per heavy atom. The van der Waals surface area contributed by atoms with E-state index in [-0.39, 0.29) is 30.1 Å². The molecule has 1 aliphatic carbocycles. The Balaban J connectivity index is 0.00000306. The van der Waals surface area contributed by atoms with Crippen LogP contribution >= 0.6 is 24.0 Å². The maximum atomic E-state index is 6.33. The summed E-state index contributed by atoms with van der Waals surface area (Å²) in [5.74, 6) is 3.06. The van der Waals surface area contributed by atoms with E-state index < -0.39 is 0 Å². The Morgan fingerprint density at radius 3 is 2.64 bits per heavy atom. The van der Waals surface area contributed by atoms with Gasteiger partial charge in [-0.2, -0.15) is 5.10 Å². The smallest absolute Gasteiger partial charge is 0.191 e. The zero-order valence-corrected chi connectivity index (χ0v) is 21.3. The Hall–Kier alpha value is -2.82. The van der Waals surface area contributed by atoms with Crippen molar-refractivity contribution in [2.45, 2.75) is 44.9 Å². The van der Waals surface area contributed by atoms with E-state index in [2.05, 4.69) is 49.0 Å². The van der Waals surface area contributed by atoms with Crippen LogP contribution in [0.15, 0.2) is 53.8 Å². The molecular formula is C24H31IN6O2. The highest BCUT2D eigenvalue weighted by atomic mass is 127. The second-order valence-electron chi connectivity index (χ2n) is 7.79. The molecule has 0 amide bonds. The predicted molar refractivity (Wildman–Crippen MR) is 140 cm³/mol. The molecule has 1 saturated carbocycles. The number of nitrogens with one attached hydrogen (secondary N) is 3. The fourth-order valence-corrected chi connectivity index (χ4v) is 3.93. The predicted octanol–water partition coefficient (Wildman–Crippen LogP) is 4.28. The van der Waals surface area contributed by atoms with Gasteiger partial charge in [0.2, 0.25) is 0 Å². The maximum absolute atomic E-state index is 6.33. The van der Waals surface area contributed by atoms with Crippen LogP contribution in [0.2, 0.25) is 0 Å². The number of H-pyrrole nitrogens is 1. The lowest BCUT2D eigenvalue weighted by atomic mass is 10.1. The second-order valence-corrected chi connectivity index (χ2v) is 7.79. The Bertz CT molecular complexity index is 1040. The minimum Gasteiger partial charge on any atom is -0.493 e. The van der Waals surface area contributed by atoms with E-state index in [0.717, 1.165) is 46.9 Å². The van der Waals surface area contributed by atoms with Crippen molar-refractivity contribution in [3.8, 4) is 22.9 Å². The number of aromatic amines is 1. The number of hydrogen-bond acceptors (Lipinski definition) is 5. The Kier molecular flexibility index (Phi) is 9.35. The van der Waals surface area contributed by atoms with Crippen molar-refractivity contribution in [1.29, 1.82) is 0 Å². The van der Waals surface area contributed by atoms with Crippen LogP contribution in [0.3, 0.4) is 0 Å².